The van der Waals surface area contributed by atoms with Gasteiger partial charge in [-0.1, -0.05) is 0 Å². The zero-order chi connectivity index (χ0) is 10.0. The van der Waals surface area contributed by atoms with Crippen molar-refractivity contribution < 1.29 is 18.3 Å². The van der Waals surface area contributed by atoms with Crippen LogP contribution in [0.5, 0.6) is 5.75 Å². The van der Waals surface area contributed by atoms with E-state index in [9.17, 15) is 13.6 Å². The van der Waals surface area contributed by atoms with Crippen LogP contribution >= 0.6 is 15.9 Å². The topological polar surface area (TPSA) is 52.3 Å². The normalized spacial score (nSPS) is 9.77. The van der Waals surface area contributed by atoms with Gasteiger partial charge in [-0.2, -0.15) is 0 Å². The molecule has 0 unspecified atom stereocenters. The quantitative estimate of drug-likeness (QED) is 0.832. The van der Waals surface area contributed by atoms with Crippen LogP contribution in [0.3, 0.4) is 0 Å². The zero-order valence-electron chi connectivity index (χ0n) is 6.18. The highest BCUT2D eigenvalue weighted by molar-refractivity contribution is 9.10. The predicted molar refractivity (Wildman–Crippen MR) is 44.3 cm³/mol. The maximum atomic E-state index is 12.9. The number of amides is 1. The van der Waals surface area contributed by atoms with Gasteiger partial charge in [-0.05, 0) is 22.0 Å². The lowest BCUT2D eigenvalue weighted by molar-refractivity contribution is 0.208. The number of carbonyl (C=O) groups is 1. The molecule has 1 amide bonds. The Kier molecular flexibility index (Phi) is 2.82. The number of benzene rings is 1. The maximum absolute atomic E-state index is 12.9. The Balaban J connectivity index is 3.13. The number of halogens is 3. The zero-order valence-corrected chi connectivity index (χ0v) is 7.77. The highest BCUT2D eigenvalue weighted by Gasteiger charge is 2.12. The standard InChI is InChI=1S/C7H4BrF2NO2/c8-4-1-3(9)2-5(10)6(4)13-7(11)12/h1-2H,(H2,11,12). The molecule has 6 heteroatoms. The fourth-order valence-electron chi connectivity index (χ4n) is 0.727. The fraction of sp³-hybridized carbons (Fsp3) is 0. The van der Waals surface area contributed by atoms with Crippen LogP contribution in [0, 0.1) is 11.6 Å². The summed E-state index contributed by atoms with van der Waals surface area (Å²) in [4.78, 5) is 10.3. The van der Waals surface area contributed by atoms with Gasteiger partial charge in [0.15, 0.2) is 11.6 Å². The van der Waals surface area contributed by atoms with Crippen LogP contribution in [0.4, 0.5) is 13.6 Å². The minimum Gasteiger partial charge on any atom is -0.406 e. The van der Waals surface area contributed by atoms with Gasteiger partial charge in [0.2, 0.25) is 0 Å². The van der Waals surface area contributed by atoms with Crippen molar-refractivity contribution in [1.29, 1.82) is 0 Å². The van der Waals surface area contributed by atoms with Crippen LogP contribution in [0.2, 0.25) is 0 Å². The SMILES string of the molecule is NC(=O)Oc1c(F)cc(F)cc1Br. The highest BCUT2D eigenvalue weighted by Crippen LogP contribution is 2.28. The van der Waals surface area contributed by atoms with Gasteiger partial charge in [-0.25, -0.2) is 13.6 Å². The van der Waals surface area contributed by atoms with Crippen LogP contribution in [-0.2, 0) is 0 Å². The van der Waals surface area contributed by atoms with Gasteiger partial charge >= 0.3 is 6.09 Å². The Bertz CT molecular complexity index is 333. The van der Waals surface area contributed by atoms with Crippen LogP contribution < -0.4 is 10.5 Å². The molecule has 3 nitrogen and oxygen atoms in total. The summed E-state index contributed by atoms with van der Waals surface area (Å²) in [5, 5.41) is 0. The number of rotatable bonds is 1. The summed E-state index contributed by atoms with van der Waals surface area (Å²) in [7, 11) is 0. The average molecular weight is 252 g/mol. The van der Waals surface area contributed by atoms with E-state index in [4.69, 9.17) is 0 Å². The van der Waals surface area contributed by atoms with Gasteiger partial charge in [0.05, 0.1) is 4.47 Å². The lowest BCUT2D eigenvalue weighted by Crippen LogP contribution is -2.17. The molecule has 0 fully saturated rings. The summed E-state index contributed by atoms with van der Waals surface area (Å²) < 4.78 is 29.6. The van der Waals surface area contributed by atoms with Crippen molar-refractivity contribution in [2.75, 3.05) is 0 Å². The van der Waals surface area contributed by atoms with Crippen LogP contribution in [0.1, 0.15) is 0 Å². The van der Waals surface area contributed by atoms with Crippen molar-refractivity contribution in [2.24, 2.45) is 5.73 Å². The second-order valence-electron chi connectivity index (χ2n) is 2.12. The number of nitrogens with two attached hydrogens (primary N) is 1. The van der Waals surface area contributed by atoms with Gasteiger partial charge in [-0.15, -0.1) is 0 Å². The van der Waals surface area contributed by atoms with E-state index in [0.717, 1.165) is 6.07 Å². The molecular formula is C7H4BrF2NO2. The van der Waals surface area contributed by atoms with Gasteiger partial charge in [0.25, 0.3) is 0 Å². The van der Waals surface area contributed by atoms with Crippen molar-refractivity contribution in [2.45, 2.75) is 0 Å². The summed E-state index contributed by atoms with van der Waals surface area (Å²) in [6.45, 7) is 0. The third kappa shape index (κ3) is 2.38. The first-order chi connectivity index (χ1) is 6.00. The smallest absolute Gasteiger partial charge is 0.406 e. The first-order valence-electron chi connectivity index (χ1n) is 3.12. The summed E-state index contributed by atoms with van der Waals surface area (Å²) in [5.41, 5.74) is 4.66. The predicted octanol–water partition coefficient (Wildman–Crippen LogP) is 2.18. The maximum Gasteiger partial charge on any atom is 0.410 e. The summed E-state index contributed by atoms with van der Waals surface area (Å²) in [5.74, 6) is -2.19. The number of hydrogen-bond donors (Lipinski definition) is 1. The van der Waals surface area contributed by atoms with E-state index >= 15 is 0 Å². The summed E-state index contributed by atoms with van der Waals surface area (Å²) in [6, 6.07) is 1.55. The molecule has 13 heavy (non-hydrogen) atoms. The third-order valence-electron chi connectivity index (χ3n) is 1.17. The average Bonchev–Trinajstić information content (AvgIpc) is 1.96. The van der Waals surface area contributed by atoms with E-state index in [1.54, 1.807) is 0 Å². The number of hydrogen-bond acceptors (Lipinski definition) is 2. The van der Waals surface area contributed by atoms with E-state index in [2.05, 4.69) is 26.4 Å². The molecule has 0 aliphatic rings. The van der Waals surface area contributed by atoms with Crippen molar-refractivity contribution in [3.63, 3.8) is 0 Å². The molecule has 0 bridgehead atoms. The molecule has 0 atom stereocenters. The van der Waals surface area contributed by atoms with E-state index in [0.29, 0.717) is 6.07 Å². The first kappa shape index (κ1) is 9.91. The summed E-state index contributed by atoms with van der Waals surface area (Å²) in [6.07, 6.45) is -1.16. The molecule has 1 aromatic rings. The molecule has 0 aliphatic carbocycles. The summed E-state index contributed by atoms with van der Waals surface area (Å²) >= 11 is 2.81. The molecule has 0 heterocycles. The molecule has 0 saturated heterocycles. The second kappa shape index (κ2) is 3.69. The molecule has 0 radical (unpaired) electrons. The Morgan fingerprint density at radius 2 is 2.08 bits per heavy atom. The molecule has 1 rings (SSSR count). The van der Waals surface area contributed by atoms with Crippen molar-refractivity contribution in [1.82, 2.24) is 0 Å². The van der Waals surface area contributed by atoms with Gasteiger partial charge < -0.3 is 10.5 Å². The van der Waals surface area contributed by atoms with Crippen molar-refractivity contribution >= 4 is 22.0 Å². The molecule has 0 spiro atoms. The van der Waals surface area contributed by atoms with Gasteiger partial charge in [-0.3, -0.25) is 0 Å². The number of carbonyl (C=O) groups excluding carboxylic acids is 1. The van der Waals surface area contributed by atoms with Crippen molar-refractivity contribution in [3.05, 3.63) is 28.2 Å². The second-order valence-corrected chi connectivity index (χ2v) is 2.97. The van der Waals surface area contributed by atoms with E-state index in [-0.39, 0.29) is 4.47 Å². The molecule has 2 N–H and O–H groups in total. The van der Waals surface area contributed by atoms with Crippen LogP contribution in [0.25, 0.3) is 0 Å². The van der Waals surface area contributed by atoms with E-state index < -0.39 is 23.5 Å². The third-order valence-corrected chi connectivity index (χ3v) is 1.75. The van der Waals surface area contributed by atoms with E-state index in [1.807, 2.05) is 0 Å². The van der Waals surface area contributed by atoms with Crippen molar-refractivity contribution in [3.8, 4) is 5.75 Å². The van der Waals surface area contributed by atoms with Crippen LogP contribution in [0.15, 0.2) is 16.6 Å². The lowest BCUT2D eigenvalue weighted by atomic mass is 10.3. The molecule has 1 aromatic carbocycles. The molecular weight excluding hydrogens is 248 g/mol. The van der Waals surface area contributed by atoms with E-state index in [1.165, 1.54) is 0 Å². The lowest BCUT2D eigenvalue weighted by Gasteiger charge is -2.04. The minimum atomic E-state index is -1.16. The van der Waals surface area contributed by atoms with Gasteiger partial charge in [0.1, 0.15) is 5.82 Å². The minimum absolute atomic E-state index is 0.0104. The Morgan fingerprint density at radius 1 is 1.46 bits per heavy atom. The Labute approximate surface area is 80.6 Å². The van der Waals surface area contributed by atoms with Crippen LogP contribution in [-0.4, -0.2) is 6.09 Å². The molecule has 0 saturated carbocycles. The molecule has 0 aliphatic heterocycles. The Morgan fingerprint density at radius 3 is 2.54 bits per heavy atom. The molecule has 0 aromatic heterocycles. The number of ether oxygens (including phenoxy) is 1. The molecule has 70 valence electrons. The fourth-order valence-corrected chi connectivity index (χ4v) is 1.22. The monoisotopic (exact) mass is 251 g/mol. The first-order valence-corrected chi connectivity index (χ1v) is 3.92. The number of primary amides is 1. The Hall–Kier alpha value is -1.17. The highest BCUT2D eigenvalue weighted by atomic mass is 79.9. The van der Waals surface area contributed by atoms with Gasteiger partial charge in [0, 0.05) is 6.07 Å². The largest absolute Gasteiger partial charge is 0.410 e.